The summed E-state index contributed by atoms with van der Waals surface area (Å²) in [5, 5.41) is 0. The molecule has 1 aromatic carbocycles. The molecule has 2 aromatic rings. The molecule has 0 fully saturated rings. The fraction of sp³-hybridized carbons (Fsp3) is 0.630. The Morgan fingerprint density at radius 1 is 0.774 bits per heavy atom. The third-order valence-electron chi connectivity index (χ3n) is 5.73. The van der Waals surface area contributed by atoms with E-state index in [1.54, 1.807) is 0 Å². The lowest BCUT2D eigenvalue weighted by Crippen LogP contribution is -2.09. The maximum Gasteiger partial charge on any atom is 0.159 e. The lowest BCUT2D eigenvalue weighted by atomic mass is 10.0. The highest BCUT2D eigenvalue weighted by Crippen LogP contribution is 2.17. The van der Waals surface area contributed by atoms with E-state index in [2.05, 4.69) is 41.2 Å². The van der Waals surface area contributed by atoms with Crippen molar-refractivity contribution in [2.24, 2.45) is 0 Å². The van der Waals surface area contributed by atoms with Gasteiger partial charge in [-0.25, -0.2) is 14.4 Å². The maximum absolute atomic E-state index is 13.1. The molecule has 2 rings (SSSR count). The number of rotatable bonds is 17. The minimum absolute atomic E-state index is 0.244. The molecule has 172 valence electrons. The Labute approximate surface area is 188 Å². The second-order valence-electron chi connectivity index (χ2n) is 8.52. The molecule has 0 spiro atoms. The number of benzene rings is 1. The van der Waals surface area contributed by atoms with Gasteiger partial charge in [0, 0.05) is 24.6 Å². The molecule has 0 radical (unpaired) electrons. The van der Waals surface area contributed by atoms with Crippen molar-refractivity contribution in [3.8, 4) is 11.4 Å². The lowest BCUT2D eigenvalue weighted by molar-refractivity contribution is 0.0765. The zero-order valence-electron chi connectivity index (χ0n) is 19.6. The molecule has 3 nitrogen and oxygen atoms in total. The molecular weight excluding hydrogens is 387 g/mol. The Hall–Kier alpha value is -1.81. The van der Waals surface area contributed by atoms with Gasteiger partial charge in [-0.2, -0.15) is 0 Å². The van der Waals surface area contributed by atoms with Crippen LogP contribution < -0.4 is 0 Å². The van der Waals surface area contributed by atoms with Crippen LogP contribution in [0.3, 0.4) is 0 Å². The molecule has 1 aromatic heterocycles. The normalized spacial score (nSPS) is 12.2. The summed E-state index contributed by atoms with van der Waals surface area (Å²) in [4.78, 5) is 9.15. The van der Waals surface area contributed by atoms with Crippen LogP contribution in [0.15, 0.2) is 36.7 Å². The summed E-state index contributed by atoms with van der Waals surface area (Å²) in [6.45, 7) is 5.01. The van der Waals surface area contributed by atoms with Gasteiger partial charge in [-0.15, -0.1) is 0 Å². The van der Waals surface area contributed by atoms with Gasteiger partial charge in [-0.3, -0.25) is 0 Å². The van der Waals surface area contributed by atoms with E-state index in [0.717, 1.165) is 37.1 Å². The van der Waals surface area contributed by atoms with Gasteiger partial charge in [0.1, 0.15) is 6.17 Å². The minimum atomic E-state index is -0.813. The second kappa shape index (κ2) is 15.9. The second-order valence-corrected chi connectivity index (χ2v) is 8.52. The van der Waals surface area contributed by atoms with Gasteiger partial charge in [0.15, 0.2) is 5.82 Å². The van der Waals surface area contributed by atoms with Gasteiger partial charge in [-0.05, 0) is 49.7 Å². The summed E-state index contributed by atoms with van der Waals surface area (Å²) in [7, 11) is 0. The first-order valence-corrected chi connectivity index (χ1v) is 12.3. The van der Waals surface area contributed by atoms with Crippen LogP contribution in [-0.4, -0.2) is 29.4 Å². The smallest absolute Gasteiger partial charge is 0.159 e. The third-order valence-corrected chi connectivity index (χ3v) is 5.73. The minimum Gasteiger partial charge on any atom is -0.378 e. The molecule has 1 atom stereocenters. The third kappa shape index (κ3) is 10.9. The SMILES string of the molecule is CCCCCCCc1cnc(-c2ccc(CCCCCCOCC(F)CC)cc2)nc1. The number of aromatic nitrogens is 2. The average molecular weight is 429 g/mol. The van der Waals surface area contributed by atoms with Crippen LogP contribution in [0.25, 0.3) is 11.4 Å². The number of hydrogen-bond donors (Lipinski definition) is 0. The van der Waals surface area contributed by atoms with Crippen LogP contribution in [0.5, 0.6) is 0 Å². The first-order valence-electron chi connectivity index (χ1n) is 12.3. The Morgan fingerprint density at radius 2 is 1.39 bits per heavy atom. The van der Waals surface area contributed by atoms with Crippen LogP contribution in [-0.2, 0) is 17.6 Å². The first kappa shape index (κ1) is 25.5. The van der Waals surface area contributed by atoms with Crippen molar-refractivity contribution >= 4 is 0 Å². The average Bonchev–Trinajstić information content (AvgIpc) is 2.81. The van der Waals surface area contributed by atoms with Crippen LogP contribution >= 0.6 is 0 Å². The molecule has 0 amide bonds. The van der Waals surface area contributed by atoms with E-state index in [1.807, 2.05) is 19.3 Å². The molecule has 0 aliphatic carbocycles. The number of ether oxygens (including phenoxy) is 1. The fourth-order valence-electron chi connectivity index (χ4n) is 3.60. The molecule has 1 heterocycles. The number of alkyl halides is 1. The topological polar surface area (TPSA) is 35.0 Å². The molecule has 0 N–H and O–H groups in total. The monoisotopic (exact) mass is 428 g/mol. The molecule has 0 aliphatic heterocycles. The van der Waals surface area contributed by atoms with E-state index in [-0.39, 0.29) is 6.61 Å². The highest BCUT2D eigenvalue weighted by Gasteiger charge is 2.04. The largest absolute Gasteiger partial charge is 0.378 e. The fourth-order valence-corrected chi connectivity index (χ4v) is 3.60. The molecule has 0 saturated heterocycles. The Kier molecular flexibility index (Phi) is 13.1. The van der Waals surface area contributed by atoms with Gasteiger partial charge in [0.25, 0.3) is 0 Å². The molecule has 0 aliphatic rings. The van der Waals surface area contributed by atoms with Crippen molar-refractivity contribution in [1.29, 1.82) is 0 Å². The van der Waals surface area contributed by atoms with E-state index in [0.29, 0.717) is 13.0 Å². The molecule has 1 unspecified atom stereocenters. The van der Waals surface area contributed by atoms with Crippen molar-refractivity contribution < 1.29 is 9.13 Å². The van der Waals surface area contributed by atoms with E-state index < -0.39 is 6.17 Å². The summed E-state index contributed by atoms with van der Waals surface area (Å²) in [5.74, 6) is 0.805. The summed E-state index contributed by atoms with van der Waals surface area (Å²) in [6.07, 6.45) is 16.8. The number of aryl methyl sites for hydroxylation is 2. The number of nitrogens with zero attached hydrogens (tertiary/aromatic N) is 2. The molecular formula is C27H41FN2O. The molecule has 0 bridgehead atoms. The van der Waals surface area contributed by atoms with Crippen molar-refractivity contribution in [2.45, 2.75) is 97.1 Å². The van der Waals surface area contributed by atoms with E-state index in [4.69, 9.17) is 4.74 Å². The number of halogens is 1. The Balaban J connectivity index is 1.62. The van der Waals surface area contributed by atoms with Gasteiger partial charge in [-0.1, -0.05) is 76.6 Å². The highest BCUT2D eigenvalue weighted by molar-refractivity contribution is 5.55. The molecule has 31 heavy (non-hydrogen) atoms. The zero-order valence-corrected chi connectivity index (χ0v) is 19.6. The number of hydrogen-bond acceptors (Lipinski definition) is 3. The van der Waals surface area contributed by atoms with Crippen LogP contribution in [0, 0.1) is 0 Å². The number of unbranched alkanes of at least 4 members (excludes halogenated alkanes) is 7. The van der Waals surface area contributed by atoms with E-state index in [1.165, 1.54) is 56.1 Å². The summed E-state index contributed by atoms with van der Waals surface area (Å²) >= 11 is 0. The van der Waals surface area contributed by atoms with Crippen molar-refractivity contribution in [3.63, 3.8) is 0 Å². The van der Waals surface area contributed by atoms with E-state index >= 15 is 0 Å². The summed E-state index contributed by atoms with van der Waals surface area (Å²) < 4.78 is 18.4. The van der Waals surface area contributed by atoms with Crippen LogP contribution in [0.1, 0.15) is 89.2 Å². The maximum atomic E-state index is 13.1. The summed E-state index contributed by atoms with van der Waals surface area (Å²) in [5.41, 5.74) is 3.66. The summed E-state index contributed by atoms with van der Waals surface area (Å²) in [6, 6.07) is 8.64. The van der Waals surface area contributed by atoms with Crippen molar-refractivity contribution in [2.75, 3.05) is 13.2 Å². The van der Waals surface area contributed by atoms with E-state index in [9.17, 15) is 4.39 Å². The van der Waals surface area contributed by atoms with Crippen LogP contribution in [0.4, 0.5) is 4.39 Å². The molecule has 4 heteroatoms. The predicted octanol–water partition coefficient (Wildman–Crippen LogP) is 7.52. The Morgan fingerprint density at radius 3 is 2.03 bits per heavy atom. The van der Waals surface area contributed by atoms with Gasteiger partial charge in [0.2, 0.25) is 0 Å². The standard InChI is InChI=1S/C27H41FN2O/c1-3-5-6-7-11-14-24-20-29-27(30-21-24)25-17-15-23(16-18-25)13-10-8-9-12-19-31-22-26(28)4-2/h15-18,20-21,26H,3-14,19,22H2,1-2H3. The lowest BCUT2D eigenvalue weighted by Gasteiger charge is -2.07. The quantitative estimate of drug-likeness (QED) is 0.244. The highest BCUT2D eigenvalue weighted by atomic mass is 19.1. The van der Waals surface area contributed by atoms with Crippen molar-refractivity contribution in [3.05, 3.63) is 47.8 Å². The van der Waals surface area contributed by atoms with Gasteiger partial charge < -0.3 is 4.74 Å². The Bertz CT molecular complexity index is 687. The van der Waals surface area contributed by atoms with Crippen LogP contribution in [0.2, 0.25) is 0 Å². The van der Waals surface area contributed by atoms with Crippen molar-refractivity contribution in [1.82, 2.24) is 9.97 Å². The van der Waals surface area contributed by atoms with Gasteiger partial charge >= 0.3 is 0 Å². The zero-order chi connectivity index (χ0) is 22.2. The first-order chi connectivity index (χ1) is 15.2. The molecule has 0 saturated carbocycles. The predicted molar refractivity (Wildman–Crippen MR) is 128 cm³/mol. The van der Waals surface area contributed by atoms with Gasteiger partial charge in [0.05, 0.1) is 6.61 Å².